The van der Waals surface area contributed by atoms with Crippen molar-refractivity contribution in [1.29, 1.82) is 0 Å². The lowest BCUT2D eigenvalue weighted by atomic mass is 10.3. The molecule has 4 nitrogen and oxygen atoms in total. The minimum Gasteiger partial charge on any atom is -0.506 e. The van der Waals surface area contributed by atoms with Gasteiger partial charge < -0.3 is 9.52 Å². The SMILES string of the molecule is [2H]c1c(Cl)c(O)c([2H])c2oc(=O)[15nH]c12. The fourth-order valence-electron chi connectivity index (χ4n) is 0.835. The van der Waals surface area contributed by atoms with E-state index >= 15 is 0 Å². The number of phenols is 1. The van der Waals surface area contributed by atoms with Gasteiger partial charge in [-0.3, -0.25) is 4.98 Å². The highest BCUT2D eigenvalue weighted by Crippen LogP contribution is 2.26. The Morgan fingerprint density at radius 2 is 2.42 bits per heavy atom. The van der Waals surface area contributed by atoms with Crippen molar-refractivity contribution < 1.29 is 12.3 Å². The number of nitrogens with one attached hydrogen (secondary N) is 1. The summed E-state index contributed by atoms with van der Waals surface area (Å²) in [5, 5.41) is 9.00. The topological polar surface area (TPSA) is 66.2 Å². The van der Waals surface area contributed by atoms with E-state index in [0.717, 1.165) is 0 Å². The van der Waals surface area contributed by atoms with E-state index in [-0.39, 0.29) is 22.2 Å². The third-order valence-corrected chi connectivity index (χ3v) is 1.60. The van der Waals surface area contributed by atoms with Crippen LogP contribution in [0, 0.1) is 0 Å². The Morgan fingerprint density at radius 1 is 1.67 bits per heavy atom. The first kappa shape index (κ1) is 5.27. The van der Waals surface area contributed by atoms with Gasteiger partial charge in [0, 0.05) is 6.04 Å². The number of rotatable bonds is 0. The summed E-state index contributed by atoms with van der Waals surface area (Å²) in [4.78, 5) is 13.0. The third-order valence-electron chi connectivity index (χ3n) is 1.32. The molecule has 1 aromatic heterocycles. The molecule has 2 aromatic rings. The first-order chi connectivity index (χ1) is 6.52. The molecular weight excluding hydrogens is 183 g/mol. The van der Waals surface area contributed by atoms with Crippen LogP contribution in [-0.2, 0) is 0 Å². The molecule has 0 radical (unpaired) electrons. The molecule has 62 valence electrons. The molecule has 0 unspecified atom stereocenters. The molecule has 0 saturated carbocycles. The van der Waals surface area contributed by atoms with Crippen LogP contribution >= 0.6 is 11.6 Å². The first-order valence-corrected chi connectivity index (χ1v) is 3.40. The molecule has 2 rings (SSSR count). The predicted octanol–water partition coefficient (Wildman–Crippen LogP) is 1.48. The van der Waals surface area contributed by atoms with E-state index in [1.54, 1.807) is 0 Å². The van der Waals surface area contributed by atoms with E-state index in [2.05, 4.69) is 9.40 Å². The molecule has 2 N–H and O–H groups in total. The Balaban J connectivity index is 3.08. The molecule has 0 saturated heterocycles. The quantitative estimate of drug-likeness (QED) is 0.658. The highest BCUT2D eigenvalue weighted by molar-refractivity contribution is 6.32. The van der Waals surface area contributed by atoms with Crippen molar-refractivity contribution in [1.82, 2.24) is 4.98 Å². The van der Waals surface area contributed by atoms with Crippen molar-refractivity contribution in [2.24, 2.45) is 0 Å². The van der Waals surface area contributed by atoms with Gasteiger partial charge in [-0.1, -0.05) is 11.6 Å². The average Bonchev–Trinajstić information content (AvgIpc) is 2.54. The summed E-state index contributed by atoms with van der Waals surface area (Å²) in [5.41, 5.74) is -0.148. The molecule has 0 amide bonds. The summed E-state index contributed by atoms with van der Waals surface area (Å²) < 4.78 is 19.4. The third kappa shape index (κ3) is 0.967. The van der Waals surface area contributed by atoms with Gasteiger partial charge in [0.2, 0.25) is 0 Å². The van der Waals surface area contributed by atoms with Crippen LogP contribution in [0.3, 0.4) is 0 Å². The molecule has 0 aliphatic heterocycles. The lowest BCUT2D eigenvalue weighted by Crippen LogP contribution is -1.92. The highest BCUT2D eigenvalue weighted by atomic mass is 35.5. The number of hydrogen-bond acceptors (Lipinski definition) is 3. The van der Waals surface area contributed by atoms with Crippen LogP contribution < -0.4 is 5.76 Å². The maximum Gasteiger partial charge on any atom is 0.417 e. The van der Waals surface area contributed by atoms with Crippen LogP contribution in [0.15, 0.2) is 21.3 Å². The van der Waals surface area contributed by atoms with Crippen LogP contribution in [0.4, 0.5) is 0 Å². The first-order valence-electron chi connectivity index (χ1n) is 4.02. The van der Waals surface area contributed by atoms with Gasteiger partial charge in [0.05, 0.1) is 13.3 Å². The van der Waals surface area contributed by atoms with Crippen LogP contribution in [0.5, 0.6) is 5.75 Å². The molecular formula is C7H4ClNO3. The van der Waals surface area contributed by atoms with Crippen molar-refractivity contribution in [2.75, 3.05) is 0 Å². The second-order valence-corrected chi connectivity index (χ2v) is 2.51. The van der Waals surface area contributed by atoms with Gasteiger partial charge in [0.25, 0.3) is 0 Å². The van der Waals surface area contributed by atoms with Gasteiger partial charge in [-0.2, -0.15) is 0 Å². The van der Waals surface area contributed by atoms with Gasteiger partial charge in [0.15, 0.2) is 5.58 Å². The van der Waals surface area contributed by atoms with Crippen LogP contribution in [0.25, 0.3) is 11.1 Å². The minimum absolute atomic E-state index is 0.0165. The smallest absolute Gasteiger partial charge is 0.417 e. The molecule has 5 heteroatoms. The number of H-pyrrole nitrogens is 1. The second-order valence-electron chi connectivity index (χ2n) is 2.13. The van der Waals surface area contributed by atoms with Crippen LogP contribution in [-0.4, -0.2) is 10.1 Å². The number of phenolic OH excluding ortho intramolecular Hbond substituents is 1. The maximum atomic E-state index is 10.8. The van der Waals surface area contributed by atoms with Crippen molar-refractivity contribution in [3.63, 3.8) is 0 Å². The van der Waals surface area contributed by atoms with Gasteiger partial charge in [-0.25, -0.2) is 4.79 Å². The van der Waals surface area contributed by atoms with Crippen LogP contribution in [0.1, 0.15) is 2.74 Å². The molecule has 12 heavy (non-hydrogen) atoms. The molecule has 1 heterocycles. The molecule has 0 aliphatic rings. The Kier molecular flexibility index (Phi) is 1.00. The summed E-state index contributed by atoms with van der Waals surface area (Å²) in [6.07, 6.45) is 0. The zero-order valence-corrected chi connectivity index (χ0v) is 6.40. The van der Waals surface area contributed by atoms with Crippen LogP contribution in [0.2, 0.25) is 5.02 Å². The van der Waals surface area contributed by atoms with Crippen molar-refractivity contribution in [3.05, 3.63) is 27.7 Å². The van der Waals surface area contributed by atoms with Gasteiger partial charge in [0.1, 0.15) is 5.75 Å². The number of aromatic nitrogens is 1. The number of oxazole rings is 1. The van der Waals surface area contributed by atoms with Gasteiger partial charge in [-0.15, -0.1) is 0 Å². The van der Waals surface area contributed by atoms with Crippen molar-refractivity contribution in [3.8, 4) is 5.75 Å². The number of fused-ring (bicyclic) bond motifs is 1. The molecule has 0 atom stereocenters. The Morgan fingerprint density at radius 3 is 3.17 bits per heavy atom. The van der Waals surface area contributed by atoms with E-state index in [9.17, 15) is 9.90 Å². The minimum atomic E-state index is -0.788. The lowest BCUT2D eigenvalue weighted by Gasteiger charge is -1.93. The molecule has 0 spiro atoms. The summed E-state index contributed by atoms with van der Waals surface area (Å²) in [6.45, 7) is 0. The molecule has 1 aromatic carbocycles. The van der Waals surface area contributed by atoms with E-state index in [0.29, 0.717) is 0 Å². The fraction of sp³-hybridized carbons (Fsp3) is 0. The normalized spacial score (nSPS) is 13.1. The monoisotopic (exact) mass is 188 g/mol. The number of halogens is 1. The summed E-state index contributed by atoms with van der Waals surface area (Å²) >= 11 is 5.55. The summed E-state index contributed by atoms with van der Waals surface area (Å²) in [7, 11) is 0. The number of aromatic amines is 1. The number of benzene rings is 1. The number of aromatic hydroxyl groups is 1. The molecule has 0 bridgehead atoms. The maximum absolute atomic E-state index is 10.8. The van der Waals surface area contributed by atoms with Gasteiger partial charge in [-0.05, 0) is 6.04 Å². The van der Waals surface area contributed by atoms with E-state index < -0.39 is 17.5 Å². The predicted molar refractivity (Wildman–Crippen MR) is 43.5 cm³/mol. The van der Waals surface area contributed by atoms with Gasteiger partial charge >= 0.3 is 5.76 Å². The zero-order valence-electron chi connectivity index (χ0n) is 7.64. The summed E-state index contributed by atoms with van der Waals surface area (Å²) in [6, 6.07) is -0.666. The lowest BCUT2D eigenvalue weighted by molar-refractivity contribution is 0.474. The summed E-state index contributed by atoms with van der Waals surface area (Å²) in [5.74, 6) is -1.35. The second kappa shape index (κ2) is 2.28. The van der Waals surface area contributed by atoms with Crippen molar-refractivity contribution >= 4 is 22.7 Å². The molecule has 0 aliphatic carbocycles. The standard InChI is InChI=1S/C7H4ClNO3/c8-3-1-4-6(2-5(3)10)12-7(11)9-4/h1-2,10H,(H,9,11)/i1D,2D,9+1. The fourth-order valence-corrected chi connectivity index (χ4v) is 0.977. The Bertz CT molecular complexity index is 526. The average molecular weight is 189 g/mol. The zero-order chi connectivity index (χ0) is 10.5. The van der Waals surface area contributed by atoms with Crippen molar-refractivity contribution in [2.45, 2.75) is 0 Å². The number of hydrogen-bond donors (Lipinski definition) is 2. The Hall–Kier alpha value is -1.42. The highest BCUT2D eigenvalue weighted by Gasteiger charge is 2.05. The van der Waals surface area contributed by atoms with E-state index in [1.807, 2.05) is 0 Å². The molecule has 0 fully saturated rings. The van der Waals surface area contributed by atoms with E-state index in [1.165, 1.54) is 0 Å². The van der Waals surface area contributed by atoms with E-state index in [4.69, 9.17) is 14.3 Å². The largest absolute Gasteiger partial charge is 0.506 e. The Labute approximate surface area is 74.2 Å².